The normalized spacial score (nSPS) is 9.90. The third-order valence-electron chi connectivity index (χ3n) is 2.94. The molecule has 0 saturated heterocycles. The maximum Gasteiger partial charge on any atom is 0.272 e. The molecule has 20 heavy (non-hydrogen) atoms. The molecular formula is C14H19ClN4O. The van der Waals surface area contributed by atoms with Crippen LogP contribution in [0.3, 0.4) is 0 Å². The van der Waals surface area contributed by atoms with Gasteiger partial charge < -0.3 is 10.6 Å². The van der Waals surface area contributed by atoms with Gasteiger partial charge in [0, 0.05) is 32.9 Å². The Hall–Kier alpha value is -1.85. The summed E-state index contributed by atoms with van der Waals surface area (Å²) in [7, 11) is 1.76. The highest BCUT2D eigenvalue weighted by molar-refractivity contribution is 5.92. The number of hydrogen-bond donors (Lipinski definition) is 1. The zero-order valence-electron chi connectivity index (χ0n) is 11.4. The Morgan fingerprint density at radius 2 is 2.00 bits per heavy atom. The lowest BCUT2D eigenvalue weighted by Gasteiger charge is -2.22. The Morgan fingerprint density at radius 3 is 2.55 bits per heavy atom. The quantitative estimate of drug-likeness (QED) is 0.907. The minimum Gasteiger partial charge on any atom is -0.332 e. The summed E-state index contributed by atoms with van der Waals surface area (Å²) < 4.78 is 1.58. The van der Waals surface area contributed by atoms with Gasteiger partial charge in [0.25, 0.3) is 5.91 Å². The molecule has 0 fully saturated rings. The predicted molar refractivity (Wildman–Crippen MR) is 80.7 cm³/mol. The summed E-state index contributed by atoms with van der Waals surface area (Å²) in [5.74, 6) is -0.0469. The van der Waals surface area contributed by atoms with E-state index in [2.05, 4.69) is 5.10 Å². The Labute approximate surface area is 124 Å². The molecule has 0 saturated carbocycles. The van der Waals surface area contributed by atoms with Gasteiger partial charge in [-0.3, -0.25) is 9.48 Å². The van der Waals surface area contributed by atoms with E-state index in [0.29, 0.717) is 25.3 Å². The molecule has 1 aromatic heterocycles. The predicted octanol–water partition coefficient (Wildman–Crippen LogP) is 1.44. The van der Waals surface area contributed by atoms with E-state index >= 15 is 0 Å². The molecule has 6 heteroatoms. The number of amides is 1. The SMILES string of the molecule is Cl.Cn1nccc1C(=O)N(CCN)Cc1ccccc1. The maximum absolute atomic E-state index is 12.4. The van der Waals surface area contributed by atoms with E-state index in [-0.39, 0.29) is 18.3 Å². The fourth-order valence-electron chi connectivity index (χ4n) is 1.96. The summed E-state index contributed by atoms with van der Waals surface area (Å²) in [5.41, 5.74) is 7.26. The smallest absolute Gasteiger partial charge is 0.272 e. The molecule has 2 aromatic rings. The summed E-state index contributed by atoms with van der Waals surface area (Å²) >= 11 is 0. The summed E-state index contributed by atoms with van der Waals surface area (Å²) in [4.78, 5) is 14.2. The Bertz CT molecular complexity index is 541. The van der Waals surface area contributed by atoms with Crippen molar-refractivity contribution >= 4 is 18.3 Å². The molecule has 108 valence electrons. The largest absolute Gasteiger partial charge is 0.332 e. The van der Waals surface area contributed by atoms with Crippen LogP contribution in [0.1, 0.15) is 16.1 Å². The highest BCUT2D eigenvalue weighted by atomic mass is 35.5. The fourth-order valence-corrected chi connectivity index (χ4v) is 1.96. The average Bonchev–Trinajstić information content (AvgIpc) is 2.85. The van der Waals surface area contributed by atoms with E-state index in [1.807, 2.05) is 30.3 Å². The Balaban J connectivity index is 0.00000200. The van der Waals surface area contributed by atoms with Gasteiger partial charge in [0.15, 0.2) is 0 Å². The van der Waals surface area contributed by atoms with Crippen molar-refractivity contribution in [2.45, 2.75) is 6.54 Å². The molecule has 0 aliphatic rings. The lowest BCUT2D eigenvalue weighted by Crippen LogP contribution is -2.35. The van der Waals surface area contributed by atoms with Crippen molar-refractivity contribution in [1.82, 2.24) is 14.7 Å². The highest BCUT2D eigenvalue weighted by Gasteiger charge is 2.18. The second kappa shape index (κ2) is 7.67. The average molecular weight is 295 g/mol. The number of hydrogen-bond acceptors (Lipinski definition) is 3. The topological polar surface area (TPSA) is 64.2 Å². The van der Waals surface area contributed by atoms with Crippen molar-refractivity contribution in [3.63, 3.8) is 0 Å². The van der Waals surface area contributed by atoms with Crippen LogP contribution in [0.4, 0.5) is 0 Å². The third-order valence-corrected chi connectivity index (χ3v) is 2.94. The number of rotatable bonds is 5. The first-order valence-electron chi connectivity index (χ1n) is 6.23. The van der Waals surface area contributed by atoms with Gasteiger partial charge in [0.2, 0.25) is 0 Å². The monoisotopic (exact) mass is 294 g/mol. The van der Waals surface area contributed by atoms with Crippen molar-refractivity contribution < 1.29 is 4.79 Å². The number of benzene rings is 1. The van der Waals surface area contributed by atoms with Crippen LogP contribution in [0.2, 0.25) is 0 Å². The molecule has 2 rings (SSSR count). The van der Waals surface area contributed by atoms with Crippen LogP contribution < -0.4 is 5.73 Å². The first-order valence-corrected chi connectivity index (χ1v) is 6.23. The van der Waals surface area contributed by atoms with Crippen LogP contribution in [0.5, 0.6) is 0 Å². The van der Waals surface area contributed by atoms with Crippen molar-refractivity contribution in [3.05, 3.63) is 53.9 Å². The van der Waals surface area contributed by atoms with Gasteiger partial charge in [-0.25, -0.2) is 0 Å². The summed E-state index contributed by atoms with van der Waals surface area (Å²) in [6, 6.07) is 11.6. The maximum atomic E-state index is 12.4. The number of nitrogens with zero attached hydrogens (tertiary/aromatic N) is 3. The zero-order valence-corrected chi connectivity index (χ0v) is 12.2. The van der Waals surface area contributed by atoms with Crippen molar-refractivity contribution in [2.75, 3.05) is 13.1 Å². The Kier molecular flexibility index (Phi) is 6.21. The van der Waals surface area contributed by atoms with Crippen LogP contribution in [0.25, 0.3) is 0 Å². The number of aromatic nitrogens is 2. The molecule has 0 aliphatic heterocycles. The minimum atomic E-state index is -0.0469. The second-order valence-corrected chi connectivity index (χ2v) is 4.34. The van der Waals surface area contributed by atoms with Crippen LogP contribution in [0.15, 0.2) is 42.6 Å². The van der Waals surface area contributed by atoms with Gasteiger partial charge in [0.05, 0.1) is 0 Å². The minimum absolute atomic E-state index is 0. The lowest BCUT2D eigenvalue weighted by molar-refractivity contribution is 0.0737. The van der Waals surface area contributed by atoms with Gasteiger partial charge in [-0.05, 0) is 11.6 Å². The molecule has 0 bridgehead atoms. The molecule has 0 spiro atoms. The van der Waals surface area contributed by atoms with Crippen molar-refractivity contribution in [2.24, 2.45) is 12.8 Å². The number of nitrogens with two attached hydrogens (primary N) is 1. The van der Waals surface area contributed by atoms with Crippen molar-refractivity contribution in [3.8, 4) is 0 Å². The van der Waals surface area contributed by atoms with Gasteiger partial charge >= 0.3 is 0 Å². The van der Waals surface area contributed by atoms with Crippen LogP contribution >= 0.6 is 12.4 Å². The lowest BCUT2D eigenvalue weighted by atomic mass is 10.2. The van der Waals surface area contributed by atoms with Gasteiger partial charge in [-0.1, -0.05) is 30.3 Å². The number of carbonyl (C=O) groups excluding carboxylic acids is 1. The molecule has 1 heterocycles. The Morgan fingerprint density at radius 1 is 1.30 bits per heavy atom. The summed E-state index contributed by atoms with van der Waals surface area (Å²) in [5, 5.41) is 4.03. The van der Waals surface area contributed by atoms with Crippen LogP contribution in [-0.4, -0.2) is 33.7 Å². The van der Waals surface area contributed by atoms with Gasteiger partial charge in [-0.2, -0.15) is 5.10 Å². The molecule has 0 radical (unpaired) electrons. The summed E-state index contributed by atoms with van der Waals surface area (Å²) in [6.07, 6.45) is 1.62. The second-order valence-electron chi connectivity index (χ2n) is 4.34. The molecule has 0 unspecified atom stereocenters. The number of aryl methyl sites for hydroxylation is 1. The molecule has 5 nitrogen and oxygen atoms in total. The standard InChI is InChI=1S/C14H18N4O.ClH/c1-17-13(7-9-16-17)14(19)18(10-8-15)11-12-5-3-2-4-6-12;/h2-7,9H,8,10-11,15H2,1H3;1H. The number of carbonyl (C=O) groups is 1. The molecule has 1 amide bonds. The molecular weight excluding hydrogens is 276 g/mol. The van der Waals surface area contributed by atoms with Crippen molar-refractivity contribution in [1.29, 1.82) is 0 Å². The van der Waals surface area contributed by atoms with Crippen LogP contribution in [-0.2, 0) is 13.6 Å². The fraction of sp³-hybridized carbons (Fsp3) is 0.286. The third kappa shape index (κ3) is 3.82. The molecule has 1 aromatic carbocycles. The van der Waals surface area contributed by atoms with E-state index in [4.69, 9.17) is 5.73 Å². The molecule has 0 aliphatic carbocycles. The van der Waals surface area contributed by atoms with E-state index < -0.39 is 0 Å². The molecule has 0 atom stereocenters. The molecule has 2 N–H and O–H groups in total. The highest BCUT2D eigenvalue weighted by Crippen LogP contribution is 2.09. The van der Waals surface area contributed by atoms with Gasteiger partial charge in [-0.15, -0.1) is 12.4 Å². The van der Waals surface area contributed by atoms with E-state index in [0.717, 1.165) is 5.56 Å². The zero-order chi connectivity index (χ0) is 13.7. The summed E-state index contributed by atoms with van der Waals surface area (Å²) in [6.45, 7) is 1.53. The number of halogens is 1. The van der Waals surface area contributed by atoms with E-state index in [9.17, 15) is 4.79 Å². The van der Waals surface area contributed by atoms with Crippen LogP contribution in [0, 0.1) is 0 Å². The first kappa shape index (κ1) is 16.2. The van der Waals surface area contributed by atoms with Gasteiger partial charge in [0.1, 0.15) is 5.69 Å². The van der Waals surface area contributed by atoms with E-state index in [1.165, 1.54) is 0 Å². The van der Waals surface area contributed by atoms with E-state index in [1.54, 1.807) is 28.9 Å². The first-order chi connectivity index (χ1) is 9.22.